The number of non-ortho nitro benzene ring substituents is 1. The molecule has 3 rings (SSSR count). The Bertz CT molecular complexity index is 835. The Labute approximate surface area is 133 Å². The molecule has 0 spiro atoms. The molecule has 1 aliphatic rings. The van der Waals surface area contributed by atoms with Gasteiger partial charge in [0.1, 0.15) is 12.4 Å². The highest BCUT2D eigenvalue weighted by atomic mass is 16.6. The van der Waals surface area contributed by atoms with E-state index in [2.05, 4.69) is 0 Å². The van der Waals surface area contributed by atoms with Crippen molar-refractivity contribution in [3.63, 3.8) is 0 Å². The summed E-state index contributed by atoms with van der Waals surface area (Å²) in [6, 6.07) is 9.90. The number of fused-ring (bicyclic) bond motifs is 1. The van der Waals surface area contributed by atoms with Crippen LogP contribution < -0.4 is 4.74 Å². The third-order valence-corrected chi connectivity index (χ3v) is 3.79. The predicted octanol–water partition coefficient (Wildman–Crippen LogP) is 3.87. The van der Waals surface area contributed by atoms with E-state index in [4.69, 9.17) is 4.74 Å². The zero-order valence-electron chi connectivity index (χ0n) is 12.8. The maximum atomic E-state index is 12.7. The number of carbonyl (C=O) groups excluding carboxylic acids is 1. The van der Waals surface area contributed by atoms with E-state index in [1.165, 1.54) is 12.1 Å². The van der Waals surface area contributed by atoms with Crippen molar-refractivity contribution in [1.29, 1.82) is 0 Å². The fourth-order valence-electron chi connectivity index (χ4n) is 2.72. The summed E-state index contributed by atoms with van der Waals surface area (Å²) in [5.41, 5.74) is 3.83. The molecule has 5 nitrogen and oxygen atoms in total. The highest BCUT2D eigenvalue weighted by molar-refractivity contribution is 6.14. The second-order valence-corrected chi connectivity index (χ2v) is 5.59. The molecule has 0 atom stereocenters. The van der Waals surface area contributed by atoms with E-state index in [0.717, 1.165) is 16.7 Å². The van der Waals surface area contributed by atoms with Crippen LogP contribution in [0.1, 0.15) is 27.0 Å². The molecular formula is C18H15NO4. The standard InChI is InChI=1S/C18H15NO4/c1-11-7-12(2)17-16(8-11)23-10-14(18(17)20)9-13-3-5-15(6-4-13)19(21)22/h3-9H,10H2,1-2H3/b14-9+. The molecule has 2 aromatic rings. The van der Waals surface area contributed by atoms with Gasteiger partial charge in [-0.2, -0.15) is 0 Å². The number of hydrogen-bond acceptors (Lipinski definition) is 4. The summed E-state index contributed by atoms with van der Waals surface area (Å²) in [5.74, 6) is 0.565. The second kappa shape index (κ2) is 5.68. The van der Waals surface area contributed by atoms with Crippen molar-refractivity contribution in [1.82, 2.24) is 0 Å². The summed E-state index contributed by atoms with van der Waals surface area (Å²) in [6.45, 7) is 4.05. The average Bonchev–Trinajstić information content (AvgIpc) is 2.50. The number of nitro benzene ring substituents is 1. The SMILES string of the molecule is Cc1cc(C)c2c(c1)OC/C(=C\c1ccc([N+](=O)[O-])cc1)C2=O. The predicted molar refractivity (Wildman–Crippen MR) is 86.8 cm³/mol. The number of rotatable bonds is 2. The highest BCUT2D eigenvalue weighted by Crippen LogP contribution is 2.31. The first-order valence-corrected chi connectivity index (χ1v) is 7.19. The maximum Gasteiger partial charge on any atom is 0.269 e. The first-order chi connectivity index (χ1) is 11.0. The van der Waals surface area contributed by atoms with Gasteiger partial charge in [0.25, 0.3) is 5.69 Å². The smallest absolute Gasteiger partial charge is 0.269 e. The van der Waals surface area contributed by atoms with E-state index < -0.39 is 4.92 Å². The number of ether oxygens (including phenoxy) is 1. The van der Waals surface area contributed by atoms with Gasteiger partial charge >= 0.3 is 0 Å². The van der Waals surface area contributed by atoms with Crippen LogP contribution in [-0.2, 0) is 0 Å². The van der Waals surface area contributed by atoms with Gasteiger partial charge in [-0.05, 0) is 54.8 Å². The molecule has 0 unspecified atom stereocenters. The molecule has 1 aliphatic heterocycles. The largest absolute Gasteiger partial charge is 0.488 e. The minimum absolute atomic E-state index is 0.0232. The first kappa shape index (κ1) is 15.0. The van der Waals surface area contributed by atoms with Gasteiger partial charge in [-0.1, -0.05) is 6.07 Å². The Hall–Kier alpha value is -2.95. The zero-order chi connectivity index (χ0) is 16.6. The van der Waals surface area contributed by atoms with Gasteiger partial charge in [0.15, 0.2) is 5.78 Å². The average molecular weight is 309 g/mol. The van der Waals surface area contributed by atoms with Gasteiger partial charge in [-0.25, -0.2) is 0 Å². The molecule has 0 N–H and O–H groups in total. The molecule has 0 fully saturated rings. The Balaban J connectivity index is 1.95. The van der Waals surface area contributed by atoms with E-state index in [1.807, 2.05) is 26.0 Å². The summed E-state index contributed by atoms with van der Waals surface area (Å²) in [5, 5.41) is 10.7. The molecule has 1 heterocycles. The van der Waals surface area contributed by atoms with Crippen molar-refractivity contribution in [3.05, 3.63) is 74.3 Å². The van der Waals surface area contributed by atoms with Gasteiger partial charge in [0.05, 0.1) is 10.5 Å². The summed E-state index contributed by atoms with van der Waals surface area (Å²) >= 11 is 0. The minimum Gasteiger partial charge on any atom is -0.488 e. The number of nitrogens with zero attached hydrogens (tertiary/aromatic N) is 1. The Morgan fingerprint density at radius 3 is 2.52 bits per heavy atom. The van der Waals surface area contributed by atoms with Crippen molar-refractivity contribution in [3.8, 4) is 5.75 Å². The molecule has 0 bridgehead atoms. The molecule has 0 saturated heterocycles. The molecule has 0 aromatic heterocycles. The monoisotopic (exact) mass is 309 g/mol. The number of Topliss-reactive ketones (excluding diaryl/α,β-unsaturated/α-hetero) is 1. The number of ketones is 1. The van der Waals surface area contributed by atoms with Crippen LogP contribution in [-0.4, -0.2) is 17.3 Å². The Kier molecular flexibility index (Phi) is 3.70. The zero-order valence-corrected chi connectivity index (χ0v) is 12.8. The van der Waals surface area contributed by atoms with Crippen LogP contribution in [0.2, 0.25) is 0 Å². The number of carbonyl (C=O) groups is 1. The molecule has 5 heteroatoms. The van der Waals surface area contributed by atoms with Gasteiger partial charge in [-0.3, -0.25) is 14.9 Å². The van der Waals surface area contributed by atoms with Gasteiger partial charge in [-0.15, -0.1) is 0 Å². The highest BCUT2D eigenvalue weighted by Gasteiger charge is 2.25. The van der Waals surface area contributed by atoms with Crippen LogP contribution in [0.4, 0.5) is 5.69 Å². The third-order valence-electron chi connectivity index (χ3n) is 3.79. The molecule has 116 valence electrons. The molecular weight excluding hydrogens is 294 g/mol. The van der Waals surface area contributed by atoms with Crippen LogP contribution in [0.3, 0.4) is 0 Å². The minimum atomic E-state index is -0.451. The van der Waals surface area contributed by atoms with Crippen LogP contribution >= 0.6 is 0 Å². The number of aryl methyl sites for hydroxylation is 2. The quantitative estimate of drug-likeness (QED) is 0.479. The van der Waals surface area contributed by atoms with Gasteiger partial charge < -0.3 is 4.74 Å². The number of nitro groups is 1. The van der Waals surface area contributed by atoms with E-state index in [0.29, 0.717) is 16.9 Å². The Morgan fingerprint density at radius 1 is 1.17 bits per heavy atom. The molecule has 0 radical (unpaired) electrons. The number of hydrogen-bond donors (Lipinski definition) is 0. The van der Waals surface area contributed by atoms with Crippen molar-refractivity contribution >= 4 is 17.5 Å². The topological polar surface area (TPSA) is 69.4 Å². The van der Waals surface area contributed by atoms with Crippen molar-refractivity contribution < 1.29 is 14.5 Å². The summed E-state index contributed by atoms with van der Waals surface area (Å²) in [4.78, 5) is 22.9. The van der Waals surface area contributed by atoms with E-state index in [1.54, 1.807) is 18.2 Å². The third kappa shape index (κ3) is 2.85. The molecule has 23 heavy (non-hydrogen) atoms. The summed E-state index contributed by atoms with van der Waals surface area (Å²) < 4.78 is 5.70. The van der Waals surface area contributed by atoms with Gasteiger partial charge in [0.2, 0.25) is 0 Å². The molecule has 0 aliphatic carbocycles. The number of benzene rings is 2. The van der Waals surface area contributed by atoms with E-state index >= 15 is 0 Å². The lowest BCUT2D eigenvalue weighted by Crippen LogP contribution is -2.20. The Morgan fingerprint density at radius 2 is 1.87 bits per heavy atom. The maximum absolute atomic E-state index is 12.7. The summed E-state index contributed by atoms with van der Waals surface area (Å²) in [6.07, 6.45) is 1.72. The first-order valence-electron chi connectivity index (χ1n) is 7.19. The fourth-order valence-corrected chi connectivity index (χ4v) is 2.72. The lowest BCUT2D eigenvalue weighted by Gasteiger charge is -2.21. The van der Waals surface area contributed by atoms with Crippen molar-refractivity contribution in [2.24, 2.45) is 0 Å². The molecule has 2 aromatic carbocycles. The van der Waals surface area contributed by atoms with Crippen LogP contribution in [0.5, 0.6) is 5.75 Å². The normalized spacial score (nSPS) is 15.2. The van der Waals surface area contributed by atoms with Crippen molar-refractivity contribution in [2.45, 2.75) is 13.8 Å². The van der Waals surface area contributed by atoms with Crippen LogP contribution in [0.25, 0.3) is 6.08 Å². The second-order valence-electron chi connectivity index (χ2n) is 5.59. The lowest BCUT2D eigenvalue weighted by molar-refractivity contribution is -0.384. The fraction of sp³-hybridized carbons (Fsp3) is 0.167. The molecule has 0 saturated carbocycles. The van der Waals surface area contributed by atoms with Crippen LogP contribution in [0, 0.1) is 24.0 Å². The van der Waals surface area contributed by atoms with Gasteiger partial charge in [0, 0.05) is 17.7 Å². The van der Waals surface area contributed by atoms with E-state index in [-0.39, 0.29) is 18.1 Å². The summed E-state index contributed by atoms with van der Waals surface area (Å²) in [7, 11) is 0. The van der Waals surface area contributed by atoms with Crippen molar-refractivity contribution in [2.75, 3.05) is 6.61 Å². The van der Waals surface area contributed by atoms with E-state index in [9.17, 15) is 14.9 Å². The van der Waals surface area contributed by atoms with Crippen LogP contribution in [0.15, 0.2) is 42.0 Å². The lowest BCUT2D eigenvalue weighted by atomic mass is 9.93. The molecule has 0 amide bonds.